The normalized spacial score (nSPS) is 20.7. The van der Waals surface area contributed by atoms with Crippen molar-refractivity contribution < 1.29 is 13.9 Å². The van der Waals surface area contributed by atoms with Crippen LogP contribution in [-0.2, 0) is 4.79 Å². The van der Waals surface area contributed by atoms with E-state index in [0.717, 1.165) is 41.2 Å². The molecule has 1 amide bonds. The van der Waals surface area contributed by atoms with Gasteiger partial charge in [-0.15, -0.1) is 0 Å². The number of hydrazone groups is 1. The highest BCUT2D eigenvalue weighted by molar-refractivity contribution is 6.10. The number of nitrogens with zero attached hydrogens (tertiary/aromatic N) is 2. The summed E-state index contributed by atoms with van der Waals surface area (Å²) in [5, 5.41) is 11.0. The third kappa shape index (κ3) is 3.00. The number of hydrogen-bond acceptors (Lipinski definition) is 6. The molecule has 3 N–H and O–H groups in total. The second-order valence-electron chi connectivity index (χ2n) is 7.66. The van der Waals surface area contributed by atoms with Crippen LogP contribution in [0.25, 0.3) is 11.1 Å². The molecule has 1 unspecified atom stereocenters. The molecule has 1 saturated heterocycles. The fourth-order valence-electron chi connectivity index (χ4n) is 3.95. The van der Waals surface area contributed by atoms with Crippen molar-refractivity contribution in [3.63, 3.8) is 0 Å². The summed E-state index contributed by atoms with van der Waals surface area (Å²) in [6.45, 7) is 5.78. The SMILES string of the molecule is Cc1cc(F)ccc1-c1cc2c(cc1NC1CNC1)N1C(=NNC(=O)C1C)CO2. The van der Waals surface area contributed by atoms with Crippen molar-refractivity contribution in [3.8, 4) is 16.9 Å². The van der Waals surface area contributed by atoms with E-state index in [-0.39, 0.29) is 24.4 Å². The highest BCUT2D eigenvalue weighted by Gasteiger charge is 2.36. The number of ether oxygens (including phenoxy) is 1. The largest absolute Gasteiger partial charge is 0.483 e. The fourth-order valence-corrected chi connectivity index (χ4v) is 3.95. The lowest BCUT2D eigenvalue weighted by Crippen LogP contribution is -2.55. The van der Waals surface area contributed by atoms with Crippen LogP contribution < -0.4 is 25.7 Å². The molecule has 150 valence electrons. The smallest absolute Gasteiger partial charge is 0.262 e. The van der Waals surface area contributed by atoms with Gasteiger partial charge >= 0.3 is 0 Å². The maximum absolute atomic E-state index is 13.7. The molecule has 0 bridgehead atoms. The Morgan fingerprint density at radius 2 is 2.07 bits per heavy atom. The van der Waals surface area contributed by atoms with Gasteiger partial charge in [-0.05, 0) is 49.2 Å². The summed E-state index contributed by atoms with van der Waals surface area (Å²) in [6, 6.07) is 8.71. The third-order valence-electron chi connectivity index (χ3n) is 5.68. The first-order valence-corrected chi connectivity index (χ1v) is 9.71. The minimum atomic E-state index is -0.387. The predicted molar refractivity (Wildman–Crippen MR) is 110 cm³/mol. The van der Waals surface area contributed by atoms with Gasteiger partial charge in [0.05, 0.1) is 11.7 Å². The van der Waals surface area contributed by atoms with E-state index in [4.69, 9.17) is 4.74 Å². The second-order valence-corrected chi connectivity index (χ2v) is 7.66. The predicted octanol–water partition coefficient (Wildman–Crippen LogP) is 2.22. The van der Waals surface area contributed by atoms with Crippen molar-refractivity contribution in [2.45, 2.75) is 25.9 Å². The lowest BCUT2D eigenvalue weighted by Gasteiger charge is -2.39. The number of carbonyl (C=O) groups excluding carboxylic acids is 1. The number of aryl methyl sites for hydroxylation is 1. The Balaban J connectivity index is 1.65. The van der Waals surface area contributed by atoms with E-state index in [2.05, 4.69) is 21.2 Å². The van der Waals surface area contributed by atoms with E-state index in [1.165, 1.54) is 12.1 Å². The monoisotopic (exact) mass is 395 g/mol. The molecule has 3 heterocycles. The molecule has 5 rings (SSSR count). The topological polar surface area (TPSA) is 78.0 Å². The molecule has 1 fully saturated rings. The molecule has 3 aliphatic rings. The number of rotatable bonds is 3. The van der Waals surface area contributed by atoms with Crippen molar-refractivity contribution in [1.29, 1.82) is 0 Å². The number of hydrogen-bond donors (Lipinski definition) is 3. The van der Waals surface area contributed by atoms with E-state index in [0.29, 0.717) is 17.6 Å². The summed E-state index contributed by atoms with van der Waals surface area (Å²) in [5.41, 5.74) is 7.01. The standard InChI is InChI=1S/C21H22FN5O2/c1-11-5-13(22)3-4-15(11)16-6-19-18(7-17(16)24-14-8-23-9-14)27-12(2)21(28)26-25-20(27)10-29-19/h3-7,12,14,23-24H,8-10H2,1-2H3,(H,26,28). The minimum Gasteiger partial charge on any atom is -0.483 e. The van der Waals surface area contributed by atoms with Gasteiger partial charge in [-0.2, -0.15) is 5.10 Å². The molecule has 29 heavy (non-hydrogen) atoms. The quantitative estimate of drug-likeness (QED) is 0.743. The van der Waals surface area contributed by atoms with Crippen LogP contribution in [0.15, 0.2) is 35.4 Å². The Morgan fingerprint density at radius 3 is 2.79 bits per heavy atom. The zero-order valence-electron chi connectivity index (χ0n) is 16.3. The number of carbonyl (C=O) groups is 1. The first-order chi connectivity index (χ1) is 14.0. The van der Waals surface area contributed by atoms with Gasteiger partial charge < -0.3 is 20.3 Å². The van der Waals surface area contributed by atoms with E-state index in [1.807, 2.05) is 30.9 Å². The zero-order chi connectivity index (χ0) is 20.1. The van der Waals surface area contributed by atoms with Crippen molar-refractivity contribution in [1.82, 2.24) is 10.7 Å². The number of nitrogens with one attached hydrogen (secondary N) is 3. The van der Waals surface area contributed by atoms with Crippen LogP contribution in [0.3, 0.4) is 0 Å². The maximum atomic E-state index is 13.7. The summed E-state index contributed by atoms with van der Waals surface area (Å²) in [5.74, 6) is 0.943. The molecule has 0 aromatic heterocycles. The molecule has 0 saturated carbocycles. The fraction of sp³-hybridized carbons (Fsp3) is 0.333. The van der Waals surface area contributed by atoms with Gasteiger partial charge in [0.2, 0.25) is 0 Å². The van der Waals surface area contributed by atoms with Crippen LogP contribution >= 0.6 is 0 Å². The molecular formula is C21H22FN5O2. The van der Waals surface area contributed by atoms with Gasteiger partial charge in [0.25, 0.3) is 5.91 Å². The van der Waals surface area contributed by atoms with Gasteiger partial charge in [0.1, 0.15) is 24.2 Å². The number of halogens is 1. The molecule has 8 heteroatoms. The molecule has 1 atom stereocenters. The number of fused-ring (bicyclic) bond motifs is 3. The Labute approximate surface area is 167 Å². The Kier molecular flexibility index (Phi) is 4.16. The summed E-state index contributed by atoms with van der Waals surface area (Å²) in [6.07, 6.45) is 0. The van der Waals surface area contributed by atoms with Crippen LogP contribution in [0.1, 0.15) is 12.5 Å². The second kappa shape index (κ2) is 6.73. The Hall–Kier alpha value is -3.13. The molecule has 0 radical (unpaired) electrons. The first-order valence-electron chi connectivity index (χ1n) is 9.71. The Morgan fingerprint density at radius 1 is 1.24 bits per heavy atom. The highest BCUT2D eigenvalue weighted by Crippen LogP contribution is 2.43. The van der Waals surface area contributed by atoms with Gasteiger partial charge in [-0.3, -0.25) is 4.79 Å². The van der Waals surface area contributed by atoms with E-state index >= 15 is 0 Å². The van der Waals surface area contributed by atoms with Gasteiger partial charge in [-0.1, -0.05) is 6.07 Å². The van der Waals surface area contributed by atoms with Crippen molar-refractivity contribution in [2.75, 3.05) is 29.9 Å². The van der Waals surface area contributed by atoms with Crippen LogP contribution in [0.5, 0.6) is 5.75 Å². The molecule has 0 aliphatic carbocycles. The van der Waals surface area contributed by atoms with Crippen molar-refractivity contribution in [3.05, 3.63) is 41.7 Å². The lowest BCUT2D eigenvalue weighted by molar-refractivity contribution is -0.122. The minimum absolute atomic E-state index is 0.155. The number of amidine groups is 1. The molecule has 2 aromatic carbocycles. The molecule has 3 aliphatic heterocycles. The van der Waals surface area contributed by atoms with E-state index in [9.17, 15) is 9.18 Å². The summed E-state index contributed by atoms with van der Waals surface area (Å²) < 4.78 is 19.6. The number of anilines is 2. The first kappa shape index (κ1) is 17.9. The van der Waals surface area contributed by atoms with Gasteiger partial charge in [0, 0.05) is 24.3 Å². The van der Waals surface area contributed by atoms with Crippen LogP contribution in [-0.4, -0.2) is 43.5 Å². The zero-order valence-corrected chi connectivity index (χ0v) is 16.3. The number of amides is 1. The van der Waals surface area contributed by atoms with Crippen molar-refractivity contribution in [2.24, 2.45) is 5.10 Å². The maximum Gasteiger partial charge on any atom is 0.262 e. The summed E-state index contributed by atoms with van der Waals surface area (Å²) in [4.78, 5) is 14.1. The van der Waals surface area contributed by atoms with E-state index in [1.54, 1.807) is 6.07 Å². The van der Waals surface area contributed by atoms with Crippen LogP contribution in [0.2, 0.25) is 0 Å². The average Bonchev–Trinajstić information content (AvgIpc) is 2.67. The van der Waals surface area contributed by atoms with Crippen molar-refractivity contribution >= 4 is 23.1 Å². The van der Waals surface area contributed by atoms with Gasteiger partial charge in [-0.25, -0.2) is 9.82 Å². The number of benzene rings is 2. The average molecular weight is 395 g/mol. The highest BCUT2D eigenvalue weighted by atomic mass is 19.1. The van der Waals surface area contributed by atoms with Crippen LogP contribution in [0, 0.1) is 12.7 Å². The van der Waals surface area contributed by atoms with Gasteiger partial charge in [0.15, 0.2) is 5.84 Å². The molecule has 0 spiro atoms. The molecule has 7 nitrogen and oxygen atoms in total. The van der Waals surface area contributed by atoms with E-state index < -0.39 is 0 Å². The lowest BCUT2D eigenvalue weighted by atomic mass is 9.96. The third-order valence-corrected chi connectivity index (χ3v) is 5.68. The Bertz CT molecular complexity index is 1030. The van der Waals surface area contributed by atoms with Crippen LogP contribution in [0.4, 0.5) is 15.8 Å². The summed E-state index contributed by atoms with van der Waals surface area (Å²) in [7, 11) is 0. The molecule has 2 aromatic rings. The molecular weight excluding hydrogens is 373 g/mol. The summed E-state index contributed by atoms with van der Waals surface area (Å²) >= 11 is 0.